The third kappa shape index (κ3) is 5.72. The summed E-state index contributed by atoms with van der Waals surface area (Å²) in [6.45, 7) is 0.529. The highest BCUT2D eigenvalue weighted by molar-refractivity contribution is 7.89. The molecule has 0 N–H and O–H groups in total. The first-order valence-electron chi connectivity index (χ1n) is 7.53. The Balaban J connectivity index is 2.26. The molecule has 1 heterocycles. The van der Waals surface area contributed by atoms with Crippen LogP contribution in [0.2, 0.25) is 0 Å². The minimum absolute atomic E-state index is 0.198. The van der Waals surface area contributed by atoms with Crippen LogP contribution < -0.4 is 4.74 Å². The Morgan fingerprint density at radius 3 is 2.36 bits per heavy atom. The van der Waals surface area contributed by atoms with Crippen LogP contribution in [-0.4, -0.2) is 32.1 Å². The quantitative estimate of drug-likeness (QED) is 0.672. The second kappa shape index (κ2) is 8.20. The smallest absolute Gasteiger partial charge is 0.402 e. The van der Waals surface area contributed by atoms with E-state index < -0.39 is 22.7 Å². The molecule has 0 amide bonds. The van der Waals surface area contributed by atoms with E-state index in [0.717, 1.165) is 6.42 Å². The van der Waals surface area contributed by atoms with Crippen molar-refractivity contribution in [1.82, 2.24) is 4.31 Å². The SMILES string of the molecule is CCCOc1ccc(S(=O)(=O)N(Cc2ccsc2)CC(F)(F)F)cc1. The molecule has 0 saturated heterocycles. The molecule has 0 spiro atoms. The third-order valence-corrected chi connectivity index (χ3v) is 5.77. The zero-order chi connectivity index (χ0) is 18.5. The lowest BCUT2D eigenvalue weighted by molar-refractivity contribution is -0.136. The number of halogens is 3. The van der Waals surface area contributed by atoms with Crippen molar-refractivity contribution in [2.24, 2.45) is 0 Å². The summed E-state index contributed by atoms with van der Waals surface area (Å²) in [4.78, 5) is -0.198. The van der Waals surface area contributed by atoms with Crippen LogP contribution in [0.5, 0.6) is 5.75 Å². The van der Waals surface area contributed by atoms with Gasteiger partial charge in [0, 0.05) is 6.54 Å². The predicted octanol–water partition coefficient (Wildman–Crippen LogP) is 4.29. The molecule has 0 fully saturated rings. The predicted molar refractivity (Wildman–Crippen MR) is 90.2 cm³/mol. The lowest BCUT2D eigenvalue weighted by Crippen LogP contribution is -2.38. The van der Waals surface area contributed by atoms with Crippen molar-refractivity contribution in [2.45, 2.75) is 31.0 Å². The fourth-order valence-corrected chi connectivity index (χ4v) is 4.16. The number of benzene rings is 1. The fraction of sp³-hybridized carbons (Fsp3) is 0.375. The summed E-state index contributed by atoms with van der Waals surface area (Å²) in [5.41, 5.74) is 0.515. The van der Waals surface area contributed by atoms with E-state index in [1.165, 1.54) is 35.6 Å². The molecule has 4 nitrogen and oxygen atoms in total. The summed E-state index contributed by atoms with van der Waals surface area (Å²) in [7, 11) is -4.29. The van der Waals surface area contributed by atoms with Crippen molar-refractivity contribution in [1.29, 1.82) is 0 Å². The van der Waals surface area contributed by atoms with Gasteiger partial charge in [-0.05, 0) is 53.1 Å². The van der Waals surface area contributed by atoms with E-state index in [4.69, 9.17) is 4.74 Å². The van der Waals surface area contributed by atoms with Gasteiger partial charge in [0.05, 0.1) is 11.5 Å². The number of hydrogen-bond acceptors (Lipinski definition) is 4. The van der Waals surface area contributed by atoms with Gasteiger partial charge in [-0.3, -0.25) is 0 Å². The van der Waals surface area contributed by atoms with Crippen LogP contribution in [0.15, 0.2) is 46.0 Å². The van der Waals surface area contributed by atoms with Crippen molar-refractivity contribution >= 4 is 21.4 Å². The first-order valence-corrected chi connectivity index (χ1v) is 9.91. The molecule has 2 aromatic rings. The molecule has 0 saturated carbocycles. The van der Waals surface area contributed by atoms with Crippen molar-refractivity contribution in [3.63, 3.8) is 0 Å². The number of hydrogen-bond donors (Lipinski definition) is 0. The first kappa shape index (κ1) is 19.7. The molecule has 25 heavy (non-hydrogen) atoms. The summed E-state index contributed by atoms with van der Waals surface area (Å²) in [6.07, 6.45) is -3.84. The summed E-state index contributed by atoms with van der Waals surface area (Å²) in [6, 6.07) is 7.01. The zero-order valence-electron chi connectivity index (χ0n) is 13.5. The molecule has 0 bridgehead atoms. The molecular formula is C16H18F3NO3S2. The minimum Gasteiger partial charge on any atom is -0.494 e. The van der Waals surface area contributed by atoms with Crippen LogP contribution in [0.4, 0.5) is 13.2 Å². The summed E-state index contributed by atoms with van der Waals surface area (Å²) >= 11 is 1.30. The third-order valence-electron chi connectivity index (χ3n) is 3.23. The second-order valence-electron chi connectivity index (χ2n) is 5.34. The maximum absolute atomic E-state index is 12.9. The second-order valence-corrected chi connectivity index (χ2v) is 8.06. The molecule has 1 aromatic heterocycles. The van der Waals surface area contributed by atoms with Gasteiger partial charge < -0.3 is 4.74 Å². The highest BCUT2D eigenvalue weighted by Gasteiger charge is 2.37. The molecule has 1 aromatic carbocycles. The average molecular weight is 393 g/mol. The van der Waals surface area contributed by atoms with Crippen molar-refractivity contribution in [3.8, 4) is 5.75 Å². The van der Waals surface area contributed by atoms with E-state index in [2.05, 4.69) is 0 Å². The lowest BCUT2D eigenvalue weighted by atomic mass is 10.3. The Morgan fingerprint density at radius 1 is 1.16 bits per heavy atom. The molecule has 0 aliphatic heterocycles. The number of sulfonamides is 1. The summed E-state index contributed by atoms with van der Waals surface area (Å²) in [5, 5.41) is 3.31. The molecular weight excluding hydrogens is 375 g/mol. The van der Waals surface area contributed by atoms with Crippen molar-refractivity contribution in [3.05, 3.63) is 46.7 Å². The molecule has 138 valence electrons. The Kier molecular flexibility index (Phi) is 6.47. The maximum Gasteiger partial charge on any atom is 0.402 e. The number of rotatable bonds is 8. The fourth-order valence-electron chi connectivity index (χ4n) is 2.09. The van der Waals surface area contributed by atoms with Crippen LogP contribution in [0.3, 0.4) is 0 Å². The molecule has 0 atom stereocenters. The lowest BCUT2D eigenvalue weighted by Gasteiger charge is -2.23. The van der Waals surface area contributed by atoms with Crippen molar-refractivity contribution in [2.75, 3.05) is 13.2 Å². The molecule has 9 heteroatoms. The van der Waals surface area contributed by atoms with Gasteiger partial charge in [0.2, 0.25) is 10.0 Å². The summed E-state index contributed by atoms with van der Waals surface area (Å²) in [5.74, 6) is 0.473. The van der Waals surface area contributed by atoms with Crippen LogP contribution in [-0.2, 0) is 16.6 Å². The molecule has 0 aliphatic rings. The average Bonchev–Trinajstić information content (AvgIpc) is 3.04. The van der Waals surface area contributed by atoms with Gasteiger partial charge >= 0.3 is 6.18 Å². The highest BCUT2D eigenvalue weighted by atomic mass is 32.2. The van der Waals surface area contributed by atoms with Gasteiger partial charge in [0.25, 0.3) is 0 Å². The molecule has 0 radical (unpaired) electrons. The van der Waals surface area contributed by atoms with Crippen LogP contribution in [0, 0.1) is 0 Å². The van der Waals surface area contributed by atoms with Crippen LogP contribution in [0.25, 0.3) is 0 Å². The number of thiophene rings is 1. The molecule has 2 rings (SSSR count). The van der Waals surface area contributed by atoms with Crippen molar-refractivity contribution < 1.29 is 26.3 Å². The van der Waals surface area contributed by atoms with E-state index in [1.807, 2.05) is 6.92 Å². The maximum atomic E-state index is 12.9. The number of ether oxygens (including phenoxy) is 1. The van der Waals surface area contributed by atoms with E-state index in [0.29, 0.717) is 22.2 Å². The Bertz CT molecular complexity index is 757. The Morgan fingerprint density at radius 2 is 1.84 bits per heavy atom. The van der Waals surface area contributed by atoms with Crippen LogP contribution in [0.1, 0.15) is 18.9 Å². The van der Waals surface area contributed by atoms with Gasteiger partial charge in [-0.15, -0.1) is 0 Å². The van der Waals surface area contributed by atoms with E-state index in [9.17, 15) is 21.6 Å². The van der Waals surface area contributed by atoms with E-state index in [1.54, 1.807) is 16.8 Å². The monoisotopic (exact) mass is 393 g/mol. The van der Waals surface area contributed by atoms with Gasteiger partial charge in [0.15, 0.2) is 0 Å². The first-order chi connectivity index (χ1) is 11.7. The Labute approximate surface area is 148 Å². The van der Waals surface area contributed by atoms with E-state index in [-0.39, 0.29) is 11.4 Å². The topological polar surface area (TPSA) is 46.6 Å². The highest BCUT2D eigenvalue weighted by Crippen LogP contribution is 2.26. The van der Waals surface area contributed by atoms with Gasteiger partial charge in [-0.25, -0.2) is 8.42 Å². The minimum atomic E-state index is -4.63. The Hall–Kier alpha value is -1.58. The number of alkyl halides is 3. The molecule has 0 aliphatic carbocycles. The normalized spacial score (nSPS) is 12.5. The standard InChI is InChI=1S/C16H18F3NO3S2/c1-2-8-23-14-3-5-15(6-4-14)25(21,22)20(12-16(17,18)19)10-13-7-9-24-11-13/h3-7,9,11H,2,8,10,12H2,1H3. The van der Waals surface area contributed by atoms with Gasteiger partial charge in [-0.2, -0.15) is 28.8 Å². The van der Waals surface area contributed by atoms with Gasteiger partial charge in [0.1, 0.15) is 12.3 Å². The van der Waals surface area contributed by atoms with Crippen LogP contribution >= 0.6 is 11.3 Å². The molecule has 0 unspecified atom stereocenters. The number of nitrogens with zero attached hydrogens (tertiary/aromatic N) is 1. The largest absolute Gasteiger partial charge is 0.494 e. The van der Waals surface area contributed by atoms with E-state index >= 15 is 0 Å². The van der Waals surface area contributed by atoms with Gasteiger partial charge in [-0.1, -0.05) is 6.92 Å². The zero-order valence-corrected chi connectivity index (χ0v) is 15.1. The summed E-state index contributed by atoms with van der Waals surface area (Å²) < 4.78 is 69.7.